The molecule has 0 saturated carbocycles. The van der Waals surface area contributed by atoms with Crippen molar-refractivity contribution in [2.75, 3.05) is 10.6 Å². The minimum atomic E-state index is -0.324. The highest BCUT2D eigenvalue weighted by Gasteiger charge is 2.17. The van der Waals surface area contributed by atoms with Crippen molar-refractivity contribution >= 4 is 34.1 Å². The molecule has 1 aliphatic rings. The quantitative estimate of drug-likeness (QED) is 0.809. The summed E-state index contributed by atoms with van der Waals surface area (Å²) >= 11 is 1.26. The minimum Gasteiger partial charge on any atom is -0.331 e. The maximum Gasteiger partial charge on any atom is 0.321 e. The van der Waals surface area contributed by atoms with Crippen molar-refractivity contribution in [2.24, 2.45) is 0 Å². The van der Waals surface area contributed by atoms with E-state index >= 15 is 0 Å². The zero-order valence-electron chi connectivity index (χ0n) is 11.9. The van der Waals surface area contributed by atoms with Gasteiger partial charge in [-0.2, -0.15) is 0 Å². The number of carbonyl (C=O) groups excluding carboxylic acids is 2. The Labute approximate surface area is 131 Å². The van der Waals surface area contributed by atoms with Crippen LogP contribution in [0, 0.1) is 0 Å². The van der Waals surface area contributed by atoms with E-state index in [1.54, 1.807) is 5.51 Å². The smallest absolute Gasteiger partial charge is 0.321 e. The molecule has 1 aromatic carbocycles. The Balaban J connectivity index is 1.66. The van der Waals surface area contributed by atoms with Gasteiger partial charge in [-0.25, -0.2) is 4.79 Å². The van der Waals surface area contributed by atoms with E-state index in [2.05, 4.69) is 26.1 Å². The maximum absolute atomic E-state index is 11.9. The number of rotatable bonds is 3. The number of nitrogens with zero attached hydrogens (tertiary/aromatic N) is 2. The molecule has 1 atom stereocenters. The third kappa shape index (κ3) is 3.22. The van der Waals surface area contributed by atoms with Gasteiger partial charge in [0.05, 0.1) is 6.04 Å². The number of nitrogens with one attached hydrogen (secondary N) is 3. The number of hydrogen-bond acceptors (Lipinski definition) is 5. The molecule has 114 valence electrons. The van der Waals surface area contributed by atoms with Crippen molar-refractivity contribution in [3.63, 3.8) is 0 Å². The summed E-state index contributed by atoms with van der Waals surface area (Å²) < 4.78 is 0. The number of hydrogen-bond donors (Lipinski definition) is 3. The molecule has 0 fully saturated rings. The third-order valence-corrected chi connectivity index (χ3v) is 4.06. The molecule has 8 heteroatoms. The van der Waals surface area contributed by atoms with Gasteiger partial charge in [0.2, 0.25) is 11.0 Å². The standard InChI is InChI=1S/C14H15N5O2S/c1-8(16-13(21)18-14-19-15-7-22-14)9-2-4-11-10(6-9)3-5-12(20)17-11/h2,4,6-8H,3,5H2,1H3,(H,17,20)(H2,16,18,19,21)/t8-/m1/s1. The van der Waals surface area contributed by atoms with Gasteiger partial charge >= 0.3 is 6.03 Å². The molecule has 0 spiro atoms. The van der Waals surface area contributed by atoms with Crippen LogP contribution in [0.15, 0.2) is 23.7 Å². The first-order chi connectivity index (χ1) is 10.6. The Morgan fingerprint density at radius 3 is 3.05 bits per heavy atom. The lowest BCUT2D eigenvalue weighted by atomic mass is 9.98. The molecule has 0 saturated heterocycles. The molecule has 0 radical (unpaired) electrons. The van der Waals surface area contributed by atoms with Crippen molar-refractivity contribution in [2.45, 2.75) is 25.8 Å². The number of amides is 3. The summed E-state index contributed by atoms with van der Waals surface area (Å²) in [5, 5.41) is 16.2. The van der Waals surface area contributed by atoms with Gasteiger partial charge in [-0.1, -0.05) is 23.5 Å². The predicted molar refractivity (Wildman–Crippen MR) is 83.9 cm³/mol. The summed E-state index contributed by atoms with van der Waals surface area (Å²) in [5.74, 6) is 0.0443. The van der Waals surface area contributed by atoms with Crippen molar-refractivity contribution in [1.82, 2.24) is 15.5 Å². The molecule has 1 aliphatic heterocycles. The number of benzene rings is 1. The lowest BCUT2D eigenvalue weighted by molar-refractivity contribution is -0.116. The summed E-state index contributed by atoms with van der Waals surface area (Å²) in [6.07, 6.45) is 1.22. The van der Waals surface area contributed by atoms with E-state index in [1.807, 2.05) is 25.1 Å². The molecule has 3 amide bonds. The summed E-state index contributed by atoms with van der Waals surface area (Å²) in [7, 11) is 0. The first-order valence-electron chi connectivity index (χ1n) is 6.88. The molecule has 1 aromatic heterocycles. The van der Waals surface area contributed by atoms with E-state index in [1.165, 1.54) is 11.3 Å². The summed E-state index contributed by atoms with van der Waals surface area (Å²) in [5.41, 5.74) is 4.49. The van der Waals surface area contributed by atoms with Gasteiger partial charge in [0, 0.05) is 12.1 Å². The van der Waals surface area contributed by atoms with Gasteiger partial charge in [0.25, 0.3) is 0 Å². The van der Waals surface area contributed by atoms with Crippen LogP contribution in [0.2, 0.25) is 0 Å². The van der Waals surface area contributed by atoms with Crippen LogP contribution in [0.3, 0.4) is 0 Å². The second kappa shape index (κ2) is 6.10. The molecular weight excluding hydrogens is 302 g/mol. The van der Waals surface area contributed by atoms with Crippen LogP contribution >= 0.6 is 11.3 Å². The molecular formula is C14H15N5O2S. The third-order valence-electron chi connectivity index (χ3n) is 3.45. The lowest BCUT2D eigenvalue weighted by Crippen LogP contribution is -2.31. The SMILES string of the molecule is C[C@@H](NC(=O)Nc1nncs1)c1ccc2c(c1)CCC(=O)N2. The van der Waals surface area contributed by atoms with Gasteiger partial charge in [0.15, 0.2) is 0 Å². The summed E-state index contributed by atoms with van der Waals surface area (Å²) in [6.45, 7) is 1.91. The van der Waals surface area contributed by atoms with Crippen LogP contribution in [0.1, 0.15) is 30.5 Å². The fourth-order valence-corrected chi connectivity index (χ4v) is 2.75. The largest absolute Gasteiger partial charge is 0.331 e. The van der Waals surface area contributed by atoms with Gasteiger partial charge < -0.3 is 10.6 Å². The van der Waals surface area contributed by atoms with Crippen molar-refractivity contribution in [3.05, 3.63) is 34.8 Å². The molecule has 0 aliphatic carbocycles. The van der Waals surface area contributed by atoms with Gasteiger partial charge in [0.1, 0.15) is 5.51 Å². The number of aromatic nitrogens is 2. The molecule has 7 nitrogen and oxygen atoms in total. The molecule has 2 heterocycles. The molecule has 0 bridgehead atoms. The van der Waals surface area contributed by atoms with E-state index in [-0.39, 0.29) is 18.0 Å². The Hall–Kier alpha value is -2.48. The number of aryl methyl sites for hydroxylation is 1. The second-order valence-electron chi connectivity index (χ2n) is 5.03. The highest BCUT2D eigenvalue weighted by molar-refractivity contribution is 7.13. The number of anilines is 2. The Kier molecular flexibility index (Phi) is 4.01. The summed E-state index contributed by atoms with van der Waals surface area (Å²) in [6, 6.07) is 5.32. The number of urea groups is 1. The maximum atomic E-state index is 11.9. The summed E-state index contributed by atoms with van der Waals surface area (Å²) in [4.78, 5) is 23.2. The normalized spacial score (nSPS) is 14.7. The Bertz CT molecular complexity index is 701. The predicted octanol–water partition coefficient (Wildman–Crippen LogP) is 2.31. The van der Waals surface area contributed by atoms with Crippen molar-refractivity contribution < 1.29 is 9.59 Å². The monoisotopic (exact) mass is 317 g/mol. The van der Waals surface area contributed by atoms with Crippen molar-refractivity contribution in [1.29, 1.82) is 0 Å². The van der Waals surface area contributed by atoms with Gasteiger partial charge in [-0.3, -0.25) is 10.1 Å². The molecule has 3 rings (SSSR count). The van der Waals surface area contributed by atoms with Gasteiger partial charge in [-0.15, -0.1) is 10.2 Å². The number of carbonyl (C=O) groups is 2. The molecule has 22 heavy (non-hydrogen) atoms. The van der Waals surface area contributed by atoms with E-state index in [9.17, 15) is 9.59 Å². The first kappa shape index (κ1) is 14.5. The van der Waals surface area contributed by atoms with Crippen LogP contribution in [0.5, 0.6) is 0 Å². The van der Waals surface area contributed by atoms with E-state index in [0.29, 0.717) is 11.6 Å². The van der Waals surface area contributed by atoms with Crippen LogP contribution in [0.4, 0.5) is 15.6 Å². The van der Waals surface area contributed by atoms with Crippen LogP contribution in [-0.4, -0.2) is 22.1 Å². The molecule has 2 aromatic rings. The topological polar surface area (TPSA) is 96.0 Å². The molecule has 0 unspecified atom stereocenters. The van der Waals surface area contributed by atoms with E-state index < -0.39 is 0 Å². The van der Waals surface area contributed by atoms with Crippen LogP contribution in [-0.2, 0) is 11.2 Å². The Morgan fingerprint density at radius 2 is 2.27 bits per heavy atom. The fraction of sp³-hybridized carbons (Fsp3) is 0.286. The average molecular weight is 317 g/mol. The second-order valence-corrected chi connectivity index (χ2v) is 5.86. The van der Waals surface area contributed by atoms with Crippen LogP contribution in [0.25, 0.3) is 0 Å². The van der Waals surface area contributed by atoms with E-state index in [0.717, 1.165) is 23.2 Å². The molecule has 3 N–H and O–H groups in total. The zero-order valence-corrected chi connectivity index (χ0v) is 12.7. The average Bonchev–Trinajstić information content (AvgIpc) is 2.99. The zero-order chi connectivity index (χ0) is 15.5. The van der Waals surface area contributed by atoms with Gasteiger partial charge in [-0.05, 0) is 30.5 Å². The highest BCUT2D eigenvalue weighted by atomic mass is 32.1. The van der Waals surface area contributed by atoms with Crippen LogP contribution < -0.4 is 16.0 Å². The minimum absolute atomic E-state index is 0.0443. The fourth-order valence-electron chi connectivity index (χ4n) is 2.31. The lowest BCUT2D eigenvalue weighted by Gasteiger charge is -2.20. The first-order valence-corrected chi connectivity index (χ1v) is 7.76. The van der Waals surface area contributed by atoms with Crippen molar-refractivity contribution in [3.8, 4) is 0 Å². The van der Waals surface area contributed by atoms with E-state index in [4.69, 9.17) is 0 Å². The number of fused-ring (bicyclic) bond motifs is 1. The Morgan fingerprint density at radius 1 is 1.41 bits per heavy atom. The highest BCUT2D eigenvalue weighted by Crippen LogP contribution is 2.26.